The van der Waals surface area contributed by atoms with Gasteiger partial charge in [0.05, 0.1) is 38.4 Å². The normalized spacial score (nSPS) is 14.9. The molecule has 6 nitrogen and oxygen atoms in total. The largest absolute Gasteiger partial charge is 0.385 e. The number of hydrogen-bond donors (Lipinski definition) is 1. The fourth-order valence-corrected chi connectivity index (χ4v) is 5.26. The second-order valence-corrected chi connectivity index (χ2v) is 9.42. The summed E-state index contributed by atoms with van der Waals surface area (Å²) in [6, 6.07) is 19.1. The summed E-state index contributed by atoms with van der Waals surface area (Å²) in [6.45, 7) is 1.23. The third-order valence-corrected chi connectivity index (χ3v) is 7.05. The minimum absolute atomic E-state index is 0.219. The topological polar surface area (TPSA) is 75.7 Å². The van der Waals surface area contributed by atoms with Crippen LogP contribution < -0.4 is 10.2 Å². The third-order valence-electron chi connectivity index (χ3n) is 5.31. The van der Waals surface area contributed by atoms with Gasteiger partial charge in [-0.2, -0.15) is 0 Å². The number of hydrogen-bond acceptors (Lipinski definition) is 4. The Bertz CT molecular complexity index is 1230. The summed E-state index contributed by atoms with van der Waals surface area (Å²) in [7, 11) is 0.0315. The first-order valence-electron chi connectivity index (χ1n) is 10.5. The first-order chi connectivity index (χ1) is 16.0. The van der Waals surface area contributed by atoms with Crippen LogP contribution in [0.1, 0.15) is 32.7 Å². The summed E-state index contributed by atoms with van der Waals surface area (Å²) in [5, 5.41) is 3.41. The molecule has 0 spiro atoms. The summed E-state index contributed by atoms with van der Waals surface area (Å²) in [4.78, 5) is 28.8. The highest BCUT2D eigenvalue weighted by atomic mass is 35.5. The lowest BCUT2D eigenvalue weighted by Crippen LogP contribution is -2.31. The third kappa shape index (κ3) is 5.00. The van der Waals surface area contributed by atoms with Gasteiger partial charge in [0.15, 0.2) is 0 Å². The highest BCUT2D eigenvalue weighted by Crippen LogP contribution is 2.36. The van der Waals surface area contributed by atoms with Gasteiger partial charge in [-0.25, -0.2) is 4.21 Å². The lowest BCUT2D eigenvalue weighted by molar-refractivity contribution is 0.0945. The van der Waals surface area contributed by atoms with Gasteiger partial charge in [-0.15, -0.1) is 0 Å². The number of carbonyl (C=O) groups is 2. The van der Waals surface area contributed by atoms with Crippen molar-refractivity contribution in [1.82, 2.24) is 5.32 Å². The summed E-state index contributed by atoms with van der Waals surface area (Å²) in [6.07, 6.45) is 0.686. The quantitative estimate of drug-likeness (QED) is 0.505. The van der Waals surface area contributed by atoms with E-state index in [-0.39, 0.29) is 18.4 Å². The van der Waals surface area contributed by atoms with E-state index < -0.39 is 10.8 Å². The van der Waals surface area contributed by atoms with E-state index in [1.165, 1.54) is 0 Å². The molecule has 1 aliphatic heterocycles. The molecule has 170 valence electrons. The SMILES string of the molecule is COCCCNC(=O)c1ccc2c(c1)N(Cc1cccc(Cl)c1)C(=O)c1ccccc1S2=O. The monoisotopic (exact) mass is 482 g/mol. The van der Waals surface area contributed by atoms with Crippen LogP contribution in [0.4, 0.5) is 5.69 Å². The maximum atomic E-state index is 13.6. The van der Waals surface area contributed by atoms with Crippen LogP contribution in [0.3, 0.4) is 0 Å². The zero-order chi connectivity index (χ0) is 23.4. The maximum absolute atomic E-state index is 13.6. The van der Waals surface area contributed by atoms with Crippen molar-refractivity contribution < 1.29 is 18.5 Å². The number of amides is 2. The Morgan fingerprint density at radius 1 is 1.06 bits per heavy atom. The molecule has 3 aromatic rings. The zero-order valence-corrected chi connectivity index (χ0v) is 19.6. The summed E-state index contributed by atoms with van der Waals surface area (Å²) in [5.74, 6) is -0.549. The number of ether oxygens (including phenoxy) is 1. The highest BCUT2D eigenvalue weighted by molar-refractivity contribution is 7.85. The lowest BCUT2D eigenvalue weighted by atomic mass is 10.1. The molecule has 0 fully saturated rings. The maximum Gasteiger partial charge on any atom is 0.259 e. The van der Waals surface area contributed by atoms with Crippen LogP contribution in [0.15, 0.2) is 76.5 Å². The second-order valence-electron chi connectivity index (χ2n) is 7.57. The average Bonchev–Trinajstić information content (AvgIpc) is 2.91. The molecule has 1 aliphatic rings. The Hall–Kier alpha value is -3.00. The molecule has 1 N–H and O–H groups in total. The molecule has 3 aromatic carbocycles. The first-order valence-corrected chi connectivity index (χ1v) is 12.0. The van der Waals surface area contributed by atoms with Crippen LogP contribution in [0.25, 0.3) is 0 Å². The number of benzene rings is 3. The molecule has 4 rings (SSSR count). The van der Waals surface area contributed by atoms with E-state index in [9.17, 15) is 13.8 Å². The molecule has 8 heteroatoms. The number of carbonyl (C=O) groups excluding carboxylic acids is 2. The molecule has 0 aromatic heterocycles. The Balaban J connectivity index is 1.76. The molecule has 1 heterocycles. The van der Waals surface area contributed by atoms with Gasteiger partial charge in [-0.3, -0.25) is 9.59 Å². The molecule has 1 atom stereocenters. The van der Waals surface area contributed by atoms with Crippen LogP contribution in [0.5, 0.6) is 0 Å². The molecule has 1 unspecified atom stereocenters. The number of methoxy groups -OCH3 is 1. The average molecular weight is 483 g/mol. The van der Waals surface area contributed by atoms with Gasteiger partial charge >= 0.3 is 0 Å². The summed E-state index contributed by atoms with van der Waals surface area (Å²) >= 11 is 6.16. The second kappa shape index (κ2) is 10.3. The van der Waals surface area contributed by atoms with Gasteiger partial charge in [0, 0.05) is 30.8 Å². The van der Waals surface area contributed by atoms with Crippen LogP contribution in [-0.2, 0) is 22.1 Å². The molecule has 0 radical (unpaired) electrons. The van der Waals surface area contributed by atoms with Gasteiger partial charge in [-0.1, -0.05) is 35.9 Å². The minimum Gasteiger partial charge on any atom is -0.385 e. The predicted octanol–water partition coefficient (Wildman–Crippen LogP) is 4.43. The van der Waals surface area contributed by atoms with Gasteiger partial charge in [0.2, 0.25) is 0 Å². The number of halogens is 1. The summed E-state index contributed by atoms with van der Waals surface area (Å²) < 4.78 is 18.5. The van der Waals surface area contributed by atoms with Crippen molar-refractivity contribution in [2.24, 2.45) is 0 Å². The van der Waals surface area contributed by atoms with Crippen molar-refractivity contribution in [3.05, 3.63) is 88.4 Å². The van der Waals surface area contributed by atoms with E-state index in [0.29, 0.717) is 51.2 Å². The molecule has 0 saturated heterocycles. The van der Waals surface area contributed by atoms with Crippen LogP contribution in [0, 0.1) is 0 Å². The Labute approximate surface area is 200 Å². The Morgan fingerprint density at radius 3 is 2.67 bits per heavy atom. The molecule has 33 heavy (non-hydrogen) atoms. The van der Waals surface area contributed by atoms with Crippen molar-refractivity contribution in [1.29, 1.82) is 0 Å². The number of nitrogens with one attached hydrogen (secondary N) is 1. The van der Waals surface area contributed by atoms with Crippen molar-refractivity contribution in [2.75, 3.05) is 25.2 Å². The molecule has 0 bridgehead atoms. The molecule has 0 saturated carbocycles. The van der Waals surface area contributed by atoms with E-state index in [2.05, 4.69) is 5.32 Å². The molecular weight excluding hydrogens is 460 g/mol. The number of nitrogens with zero attached hydrogens (tertiary/aromatic N) is 1. The van der Waals surface area contributed by atoms with E-state index >= 15 is 0 Å². The van der Waals surface area contributed by atoms with Crippen molar-refractivity contribution in [3.63, 3.8) is 0 Å². The van der Waals surface area contributed by atoms with Gasteiger partial charge in [-0.05, 0) is 54.4 Å². The molecule has 0 aliphatic carbocycles. The molecular formula is C25H23ClN2O4S. The van der Waals surface area contributed by atoms with E-state index in [4.69, 9.17) is 16.3 Å². The van der Waals surface area contributed by atoms with Crippen molar-refractivity contribution >= 4 is 39.9 Å². The Kier molecular flexibility index (Phi) is 7.23. The zero-order valence-electron chi connectivity index (χ0n) is 18.0. The first kappa shape index (κ1) is 23.2. The Morgan fingerprint density at radius 2 is 1.88 bits per heavy atom. The van der Waals surface area contributed by atoms with E-state index in [1.54, 1.807) is 66.6 Å². The minimum atomic E-state index is -1.58. The van der Waals surface area contributed by atoms with E-state index in [1.807, 2.05) is 12.1 Å². The highest BCUT2D eigenvalue weighted by Gasteiger charge is 2.31. The van der Waals surface area contributed by atoms with Gasteiger partial charge in [0.1, 0.15) is 0 Å². The number of rotatable bonds is 7. The fraction of sp³-hybridized carbons (Fsp3) is 0.200. The van der Waals surface area contributed by atoms with Crippen molar-refractivity contribution in [2.45, 2.75) is 22.8 Å². The lowest BCUT2D eigenvalue weighted by Gasteiger charge is -2.23. The predicted molar refractivity (Wildman–Crippen MR) is 128 cm³/mol. The van der Waals surface area contributed by atoms with Crippen molar-refractivity contribution in [3.8, 4) is 0 Å². The molecule has 2 amide bonds. The van der Waals surface area contributed by atoms with Crippen LogP contribution in [-0.4, -0.2) is 36.3 Å². The fourth-order valence-electron chi connectivity index (χ4n) is 3.70. The van der Waals surface area contributed by atoms with Gasteiger partial charge < -0.3 is 15.0 Å². The number of fused-ring (bicyclic) bond motifs is 2. The smallest absolute Gasteiger partial charge is 0.259 e. The number of anilines is 1. The van der Waals surface area contributed by atoms with E-state index in [0.717, 1.165) is 5.56 Å². The summed E-state index contributed by atoms with van der Waals surface area (Å²) in [5.41, 5.74) is 2.03. The standard InChI is InChI=1S/C25H23ClN2O4S/c1-32-13-5-12-27-24(29)18-10-11-23-21(15-18)28(16-17-6-4-7-19(26)14-17)25(30)20-8-2-3-9-22(20)33(23)31/h2-4,6-11,14-15H,5,12-13,16H2,1H3,(H,27,29). The van der Waals surface area contributed by atoms with Gasteiger partial charge in [0.25, 0.3) is 11.8 Å². The van der Waals surface area contributed by atoms with Crippen LogP contribution >= 0.6 is 11.6 Å². The van der Waals surface area contributed by atoms with Crippen LogP contribution in [0.2, 0.25) is 5.02 Å².